The summed E-state index contributed by atoms with van der Waals surface area (Å²) in [5, 5.41) is 12.0. The molecular formula is C11H17NO3S. The standard InChI is InChI=1S/C11H17NO3S/c1-8(7-13)12-6-10-4-3-9(16-10)5-11(14)15-2/h3-4,8,12-13H,5-7H2,1-2H3/t8-/m1/s1. The topological polar surface area (TPSA) is 58.6 Å². The van der Waals surface area contributed by atoms with Gasteiger partial charge in [0.1, 0.15) is 0 Å². The van der Waals surface area contributed by atoms with Crippen LogP contribution in [0.5, 0.6) is 0 Å². The highest BCUT2D eigenvalue weighted by molar-refractivity contribution is 7.12. The third-order valence-corrected chi connectivity index (χ3v) is 3.25. The average Bonchev–Trinajstić information content (AvgIpc) is 2.73. The summed E-state index contributed by atoms with van der Waals surface area (Å²) in [5.74, 6) is -0.218. The van der Waals surface area contributed by atoms with Crippen molar-refractivity contribution >= 4 is 17.3 Å². The van der Waals surface area contributed by atoms with Gasteiger partial charge in [-0.15, -0.1) is 11.3 Å². The Labute approximate surface area is 99.2 Å². The number of ether oxygens (including phenoxy) is 1. The van der Waals surface area contributed by atoms with Crippen LogP contribution in [0.4, 0.5) is 0 Å². The van der Waals surface area contributed by atoms with Crippen LogP contribution >= 0.6 is 11.3 Å². The number of hydrogen-bond acceptors (Lipinski definition) is 5. The predicted octanol–water partition coefficient (Wildman–Crippen LogP) is 0.934. The minimum absolute atomic E-state index is 0.0890. The van der Waals surface area contributed by atoms with Crippen molar-refractivity contribution in [3.63, 3.8) is 0 Å². The van der Waals surface area contributed by atoms with E-state index in [0.29, 0.717) is 13.0 Å². The molecule has 0 amide bonds. The van der Waals surface area contributed by atoms with Crippen molar-refractivity contribution in [2.24, 2.45) is 0 Å². The lowest BCUT2D eigenvalue weighted by atomic mass is 10.3. The van der Waals surface area contributed by atoms with Crippen molar-refractivity contribution < 1.29 is 14.6 Å². The van der Waals surface area contributed by atoms with E-state index in [1.807, 2.05) is 19.1 Å². The maximum absolute atomic E-state index is 11.0. The summed E-state index contributed by atoms with van der Waals surface area (Å²) in [6, 6.07) is 4.01. The van der Waals surface area contributed by atoms with Crippen LogP contribution < -0.4 is 5.32 Å². The first-order valence-corrected chi connectivity index (χ1v) is 5.96. The van der Waals surface area contributed by atoms with E-state index in [1.54, 1.807) is 11.3 Å². The normalized spacial score (nSPS) is 12.4. The summed E-state index contributed by atoms with van der Waals surface area (Å²) in [7, 11) is 1.39. The molecule has 1 aromatic rings. The zero-order chi connectivity index (χ0) is 12.0. The van der Waals surface area contributed by atoms with E-state index in [2.05, 4.69) is 10.1 Å². The fourth-order valence-corrected chi connectivity index (χ4v) is 2.12. The van der Waals surface area contributed by atoms with Crippen molar-refractivity contribution in [3.05, 3.63) is 21.9 Å². The van der Waals surface area contributed by atoms with Gasteiger partial charge in [-0.1, -0.05) is 0 Å². The van der Waals surface area contributed by atoms with Crippen LogP contribution in [0.15, 0.2) is 12.1 Å². The van der Waals surface area contributed by atoms with E-state index in [-0.39, 0.29) is 18.6 Å². The zero-order valence-electron chi connectivity index (χ0n) is 9.53. The second-order valence-corrected chi connectivity index (χ2v) is 4.84. The highest BCUT2D eigenvalue weighted by Gasteiger charge is 2.06. The molecule has 5 heteroatoms. The van der Waals surface area contributed by atoms with Crippen LogP contribution in [-0.4, -0.2) is 30.8 Å². The highest BCUT2D eigenvalue weighted by atomic mass is 32.1. The molecule has 90 valence electrons. The van der Waals surface area contributed by atoms with Crippen molar-refractivity contribution in [3.8, 4) is 0 Å². The van der Waals surface area contributed by atoms with Gasteiger partial charge in [0, 0.05) is 22.3 Å². The molecule has 0 saturated carbocycles. The molecule has 1 atom stereocenters. The maximum atomic E-state index is 11.0. The minimum atomic E-state index is -0.218. The van der Waals surface area contributed by atoms with Gasteiger partial charge in [-0.3, -0.25) is 4.79 Å². The lowest BCUT2D eigenvalue weighted by molar-refractivity contribution is -0.139. The second kappa shape index (κ2) is 6.62. The molecule has 0 spiro atoms. The summed E-state index contributed by atoms with van der Waals surface area (Å²) in [5.41, 5.74) is 0. The Morgan fingerprint density at radius 2 is 2.25 bits per heavy atom. The van der Waals surface area contributed by atoms with Gasteiger partial charge >= 0.3 is 5.97 Å². The molecule has 0 fully saturated rings. The van der Waals surface area contributed by atoms with Gasteiger partial charge in [0.2, 0.25) is 0 Å². The van der Waals surface area contributed by atoms with E-state index in [0.717, 1.165) is 9.75 Å². The predicted molar refractivity (Wildman–Crippen MR) is 63.4 cm³/mol. The fourth-order valence-electron chi connectivity index (χ4n) is 1.17. The Bertz CT molecular complexity index is 338. The first-order chi connectivity index (χ1) is 7.65. The Hall–Kier alpha value is -0.910. The van der Waals surface area contributed by atoms with E-state index in [4.69, 9.17) is 5.11 Å². The molecule has 0 bridgehead atoms. The monoisotopic (exact) mass is 243 g/mol. The first-order valence-electron chi connectivity index (χ1n) is 5.14. The van der Waals surface area contributed by atoms with Gasteiger partial charge < -0.3 is 15.2 Å². The van der Waals surface area contributed by atoms with Crippen LogP contribution in [0.1, 0.15) is 16.7 Å². The Morgan fingerprint density at radius 1 is 1.56 bits per heavy atom. The number of aliphatic hydroxyl groups is 1. The molecule has 2 N–H and O–H groups in total. The lowest BCUT2D eigenvalue weighted by Gasteiger charge is -2.08. The summed E-state index contributed by atoms with van der Waals surface area (Å²) in [6.45, 7) is 2.76. The summed E-state index contributed by atoms with van der Waals surface area (Å²) < 4.78 is 4.60. The summed E-state index contributed by atoms with van der Waals surface area (Å²) >= 11 is 1.58. The zero-order valence-corrected chi connectivity index (χ0v) is 10.3. The van der Waals surface area contributed by atoms with Crippen molar-refractivity contribution in [1.29, 1.82) is 0 Å². The Morgan fingerprint density at radius 3 is 2.88 bits per heavy atom. The molecule has 0 aromatic carbocycles. The van der Waals surface area contributed by atoms with Crippen molar-refractivity contribution in [2.45, 2.75) is 25.9 Å². The van der Waals surface area contributed by atoms with Gasteiger partial charge in [0.05, 0.1) is 20.1 Å². The molecule has 0 aliphatic rings. The molecule has 0 radical (unpaired) electrons. The molecule has 0 aliphatic heterocycles. The van der Waals surface area contributed by atoms with Crippen LogP contribution in [-0.2, 0) is 22.5 Å². The average molecular weight is 243 g/mol. The third-order valence-electron chi connectivity index (χ3n) is 2.16. The number of aliphatic hydroxyl groups excluding tert-OH is 1. The second-order valence-electron chi connectivity index (χ2n) is 3.59. The molecule has 16 heavy (non-hydrogen) atoms. The summed E-state index contributed by atoms with van der Waals surface area (Å²) in [6.07, 6.45) is 0.330. The van der Waals surface area contributed by atoms with Gasteiger partial charge in [-0.05, 0) is 19.1 Å². The van der Waals surface area contributed by atoms with Gasteiger partial charge in [0.15, 0.2) is 0 Å². The van der Waals surface area contributed by atoms with Crippen LogP contribution in [0.3, 0.4) is 0 Å². The first kappa shape index (κ1) is 13.2. The largest absolute Gasteiger partial charge is 0.469 e. The number of carbonyl (C=O) groups is 1. The Kier molecular flexibility index (Phi) is 5.45. The van der Waals surface area contributed by atoms with Crippen LogP contribution in [0.2, 0.25) is 0 Å². The maximum Gasteiger partial charge on any atom is 0.310 e. The molecule has 0 unspecified atom stereocenters. The molecule has 4 nitrogen and oxygen atoms in total. The number of methoxy groups -OCH3 is 1. The van der Waals surface area contributed by atoms with Gasteiger partial charge in [-0.2, -0.15) is 0 Å². The number of esters is 1. The molecule has 1 rings (SSSR count). The van der Waals surface area contributed by atoms with Crippen molar-refractivity contribution in [2.75, 3.05) is 13.7 Å². The molecule has 0 saturated heterocycles. The number of nitrogens with one attached hydrogen (secondary N) is 1. The highest BCUT2D eigenvalue weighted by Crippen LogP contribution is 2.17. The summed E-state index contributed by atoms with van der Waals surface area (Å²) in [4.78, 5) is 13.2. The lowest BCUT2D eigenvalue weighted by Crippen LogP contribution is -2.28. The molecular weight excluding hydrogens is 226 g/mol. The van der Waals surface area contributed by atoms with Gasteiger partial charge in [-0.25, -0.2) is 0 Å². The van der Waals surface area contributed by atoms with E-state index >= 15 is 0 Å². The van der Waals surface area contributed by atoms with E-state index in [9.17, 15) is 4.79 Å². The van der Waals surface area contributed by atoms with Gasteiger partial charge in [0.25, 0.3) is 0 Å². The molecule has 1 aromatic heterocycles. The number of rotatable bonds is 6. The van der Waals surface area contributed by atoms with E-state index < -0.39 is 0 Å². The molecule has 0 aliphatic carbocycles. The number of hydrogen-bond donors (Lipinski definition) is 2. The fraction of sp³-hybridized carbons (Fsp3) is 0.545. The third kappa shape index (κ3) is 4.30. The van der Waals surface area contributed by atoms with Crippen LogP contribution in [0.25, 0.3) is 0 Å². The quantitative estimate of drug-likeness (QED) is 0.730. The van der Waals surface area contributed by atoms with E-state index in [1.165, 1.54) is 7.11 Å². The Balaban J connectivity index is 2.42. The molecule has 1 heterocycles. The number of carbonyl (C=O) groups excluding carboxylic acids is 1. The SMILES string of the molecule is COC(=O)Cc1ccc(CN[C@H](C)CO)s1. The van der Waals surface area contributed by atoms with Crippen LogP contribution in [0, 0.1) is 0 Å². The minimum Gasteiger partial charge on any atom is -0.469 e. The smallest absolute Gasteiger partial charge is 0.310 e. The number of thiophene rings is 1. The van der Waals surface area contributed by atoms with Crippen molar-refractivity contribution in [1.82, 2.24) is 5.32 Å².